The summed E-state index contributed by atoms with van der Waals surface area (Å²) in [6.45, 7) is 0.173. The van der Waals surface area contributed by atoms with E-state index in [1.165, 1.54) is 12.1 Å². The van der Waals surface area contributed by atoms with Gasteiger partial charge in [-0.15, -0.1) is 0 Å². The van der Waals surface area contributed by atoms with E-state index in [1.54, 1.807) is 6.07 Å². The van der Waals surface area contributed by atoms with Gasteiger partial charge in [-0.2, -0.15) is 9.57 Å². The standard InChI is InChI=1S/C13H14FN3O3S/c14-11-4-1-5-12(10(11)7-15)21(19,20)17-6-2-3-9(8-17)13(16)18/h1,4-5,9H,2-3,6,8H2,(H2,16,18). The second-order valence-electron chi connectivity index (χ2n) is 4.83. The van der Waals surface area contributed by atoms with Gasteiger partial charge in [-0.25, -0.2) is 12.8 Å². The van der Waals surface area contributed by atoms with Gasteiger partial charge in [0.05, 0.1) is 5.92 Å². The highest BCUT2D eigenvalue weighted by Crippen LogP contribution is 2.26. The summed E-state index contributed by atoms with van der Waals surface area (Å²) < 4.78 is 39.7. The molecule has 1 aromatic rings. The monoisotopic (exact) mass is 311 g/mol. The first kappa shape index (κ1) is 15.4. The highest BCUT2D eigenvalue weighted by Gasteiger charge is 2.34. The molecular formula is C13H14FN3O3S. The molecular weight excluding hydrogens is 297 g/mol. The van der Waals surface area contributed by atoms with E-state index in [2.05, 4.69) is 0 Å². The Kier molecular flexibility index (Phi) is 4.25. The number of nitrogens with zero attached hydrogens (tertiary/aromatic N) is 2. The summed E-state index contributed by atoms with van der Waals surface area (Å²) in [7, 11) is -4.03. The minimum Gasteiger partial charge on any atom is -0.369 e. The molecule has 1 atom stereocenters. The number of hydrogen-bond donors (Lipinski definition) is 1. The number of amides is 1. The number of hydrogen-bond acceptors (Lipinski definition) is 4. The quantitative estimate of drug-likeness (QED) is 0.881. The number of piperidine rings is 1. The lowest BCUT2D eigenvalue weighted by Crippen LogP contribution is -2.44. The zero-order valence-electron chi connectivity index (χ0n) is 11.1. The Morgan fingerprint density at radius 2 is 2.19 bits per heavy atom. The number of nitrogens with two attached hydrogens (primary N) is 1. The van der Waals surface area contributed by atoms with Gasteiger partial charge in [0.2, 0.25) is 15.9 Å². The lowest BCUT2D eigenvalue weighted by molar-refractivity contribution is -0.122. The van der Waals surface area contributed by atoms with Crippen molar-refractivity contribution in [3.8, 4) is 6.07 Å². The lowest BCUT2D eigenvalue weighted by Gasteiger charge is -2.30. The minimum atomic E-state index is -4.03. The minimum absolute atomic E-state index is 0.0426. The zero-order valence-corrected chi connectivity index (χ0v) is 11.9. The van der Waals surface area contributed by atoms with Crippen LogP contribution in [0.15, 0.2) is 23.1 Å². The molecule has 1 aliphatic rings. The maximum Gasteiger partial charge on any atom is 0.244 e. The normalized spacial score (nSPS) is 19.9. The molecule has 0 saturated carbocycles. The molecule has 1 heterocycles. The molecule has 1 amide bonds. The predicted molar refractivity (Wildman–Crippen MR) is 71.8 cm³/mol. The second-order valence-corrected chi connectivity index (χ2v) is 6.74. The third kappa shape index (κ3) is 2.89. The zero-order chi connectivity index (χ0) is 15.6. The van der Waals surface area contributed by atoms with Crippen molar-refractivity contribution in [2.45, 2.75) is 17.7 Å². The van der Waals surface area contributed by atoms with Crippen LogP contribution >= 0.6 is 0 Å². The van der Waals surface area contributed by atoms with Crippen molar-refractivity contribution in [3.63, 3.8) is 0 Å². The van der Waals surface area contributed by atoms with Gasteiger partial charge >= 0.3 is 0 Å². The highest BCUT2D eigenvalue weighted by atomic mass is 32.2. The van der Waals surface area contributed by atoms with Gasteiger partial charge in [0.15, 0.2) is 0 Å². The van der Waals surface area contributed by atoms with Crippen LogP contribution in [0.2, 0.25) is 0 Å². The second kappa shape index (κ2) is 5.79. The molecule has 0 bridgehead atoms. The van der Waals surface area contributed by atoms with E-state index >= 15 is 0 Å². The van der Waals surface area contributed by atoms with Gasteiger partial charge < -0.3 is 5.73 Å². The molecule has 0 aliphatic carbocycles. The maximum atomic E-state index is 13.6. The van der Waals surface area contributed by atoms with Crippen molar-refractivity contribution in [3.05, 3.63) is 29.6 Å². The van der Waals surface area contributed by atoms with E-state index in [1.807, 2.05) is 0 Å². The molecule has 0 spiro atoms. The highest BCUT2D eigenvalue weighted by molar-refractivity contribution is 7.89. The largest absolute Gasteiger partial charge is 0.369 e. The van der Waals surface area contributed by atoms with E-state index in [4.69, 9.17) is 11.0 Å². The molecule has 1 saturated heterocycles. The molecule has 2 rings (SSSR count). The average molecular weight is 311 g/mol. The molecule has 0 aromatic heterocycles. The van der Waals surface area contributed by atoms with Crippen LogP contribution < -0.4 is 5.73 Å². The van der Waals surface area contributed by atoms with Gasteiger partial charge in [-0.3, -0.25) is 4.79 Å². The molecule has 6 nitrogen and oxygen atoms in total. The molecule has 2 N–H and O–H groups in total. The molecule has 8 heteroatoms. The van der Waals surface area contributed by atoms with Gasteiger partial charge in [0.1, 0.15) is 22.3 Å². The van der Waals surface area contributed by atoms with Crippen molar-refractivity contribution in [2.75, 3.05) is 13.1 Å². The number of benzene rings is 1. The van der Waals surface area contributed by atoms with Crippen molar-refractivity contribution >= 4 is 15.9 Å². The average Bonchev–Trinajstić information content (AvgIpc) is 2.47. The van der Waals surface area contributed by atoms with Crippen molar-refractivity contribution in [1.29, 1.82) is 5.26 Å². The summed E-state index contributed by atoms with van der Waals surface area (Å²) in [6.07, 6.45) is 1.01. The van der Waals surface area contributed by atoms with Crippen LogP contribution in [0.1, 0.15) is 18.4 Å². The number of carbonyl (C=O) groups is 1. The van der Waals surface area contributed by atoms with Gasteiger partial charge in [-0.1, -0.05) is 6.07 Å². The van der Waals surface area contributed by atoms with Gasteiger partial charge in [0, 0.05) is 13.1 Å². The number of sulfonamides is 1. The fourth-order valence-electron chi connectivity index (χ4n) is 2.36. The Hall–Kier alpha value is -1.98. The van der Waals surface area contributed by atoms with Crippen molar-refractivity contribution in [2.24, 2.45) is 11.7 Å². The fourth-order valence-corrected chi connectivity index (χ4v) is 4.04. The molecule has 1 unspecified atom stereocenters. The van der Waals surface area contributed by atoms with Crippen LogP contribution in [0.25, 0.3) is 0 Å². The summed E-state index contributed by atoms with van der Waals surface area (Å²) in [6, 6.07) is 5.02. The third-order valence-corrected chi connectivity index (χ3v) is 5.40. The molecule has 0 radical (unpaired) electrons. The van der Waals surface area contributed by atoms with Crippen LogP contribution in [0.4, 0.5) is 4.39 Å². The van der Waals surface area contributed by atoms with Crippen LogP contribution in [-0.2, 0) is 14.8 Å². The SMILES string of the molecule is N#Cc1c(F)cccc1S(=O)(=O)N1CCCC(C(N)=O)C1. The van der Waals surface area contributed by atoms with Gasteiger partial charge in [0.25, 0.3) is 0 Å². The van der Waals surface area contributed by atoms with Crippen LogP contribution in [-0.4, -0.2) is 31.7 Å². The Labute approximate surface area is 122 Å². The van der Waals surface area contributed by atoms with E-state index in [9.17, 15) is 17.6 Å². The Bertz CT molecular complexity index is 712. The van der Waals surface area contributed by atoms with E-state index in [0.717, 1.165) is 10.4 Å². The molecule has 1 aromatic carbocycles. The van der Waals surface area contributed by atoms with Crippen LogP contribution in [0.5, 0.6) is 0 Å². The Balaban J connectivity index is 2.41. The molecule has 1 aliphatic heterocycles. The molecule has 1 fully saturated rings. The van der Waals surface area contributed by atoms with E-state index in [0.29, 0.717) is 12.8 Å². The summed E-state index contributed by atoms with van der Waals surface area (Å²) in [5, 5.41) is 8.95. The summed E-state index contributed by atoms with van der Waals surface area (Å²) in [5.41, 5.74) is 4.70. The number of rotatable bonds is 3. The number of halogens is 1. The first-order valence-electron chi connectivity index (χ1n) is 6.36. The van der Waals surface area contributed by atoms with Crippen LogP contribution in [0.3, 0.4) is 0 Å². The number of nitriles is 1. The van der Waals surface area contributed by atoms with Crippen molar-refractivity contribution in [1.82, 2.24) is 4.31 Å². The third-order valence-electron chi connectivity index (χ3n) is 3.49. The Morgan fingerprint density at radius 1 is 1.48 bits per heavy atom. The smallest absolute Gasteiger partial charge is 0.244 e. The van der Waals surface area contributed by atoms with Gasteiger partial charge in [-0.05, 0) is 25.0 Å². The van der Waals surface area contributed by atoms with Crippen LogP contribution in [0, 0.1) is 23.1 Å². The van der Waals surface area contributed by atoms with Crippen molar-refractivity contribution < 1.29 is 17.6 Å². The molecule has 112 valence electrons. The van der Waals surface area contributed by atoms with E-state index in [-0.39, 0.29) is 18.0 Å². The lowest BCUT2D eigenvalue weighted by atomic mass is 9.99. The number of primary amides is 1. The maximum absolute atomic E-state index is 13.6. The first-order chi connectivity index (χ1) is 9.87. The Morgan fingerprint density at radius 3 is 2.81 bits per heavy atom. The topological polar surface area (TPSA) is 104 Å². The molecule has 21 heavy (non-hydrogen) atoms. The summed E-state index contributed by atoms with van der Waals surface area (Å²) >= 11 is 0. The fraction of sp³-hybridized carbons (Fsp3) is 0.385. The summed E-state index contributed by atoms with van der Waals surface area (Å²) in [4.78, 5) is 10.8. The number of carbonyl (C=O) groups excluding carboxylic acids is 1. The predicted octanol–water partition coefficient (Wildman–Crippen LogP) is 0.583. The first-order valence-corrected chi connectivity index (χ1v) is 7.80. The van der Waals surface area contributed by atoms with E-state index < -0.39 is 33.2 Å². The summed E-state index contributed by atoms with van der Waals surface area (Å²) in [5.74, 6) is -2.01.